The molecule has 0 heterocycles. The minimum Gasteiger partial charge on any atom is -0.492 e. The van der Waals surface area contributed by atoms with Gasteiger partial charge in [-0.05, 0) is 30.8 Å². The summed E-state index contributed by atoms with van der Waals surface area (Å²) in [6.45, 7) is 1.73. The molecule has 22 heavy (non-hydrogen) atoms. The highest BCUT2D eigenvalue weighted by molar-refractivity contribution is 7.91. The molecule has 1 rings (SSSR count). The van der Waals surface area contributed by atoms with Crippen molar-refractivity contribution in [1.82, 2.24) is 9.62 Å². The minimum atomic E-state index is -4.06. The van der Waals surface area contributed by atoms with E-state index in [9.17, 15) is 13.2 Å². The van der Waals surface area contributed by atoms with Crippen LogP contribution in [0.5, 0.6) is 5.75 Å². The van der Waals surface area contributed by atoms with Crippen molar-refractivity contribution < 1.29 is 17.9 Å². The number of primary amides is 1. The van der Waals surface area contributed by atoms with Gasteiger partial charge in [0.25, 0.3) is 10.0 Å². The molecule has 9 heteroatoms. The highest BCUT2D eigenvalue weighted by Crippen LogP contribution is 2.26. The third-order valence-corrected chi connectivity index (χ3v) is 4.94. The van der Waals surface area contributed by atoms with Gasteiger partial charge in [-0.25, -0.2) is 12.7 Å². The molecule has 0 aromatic heterocycles. The van der Waals surface area contributed by atoms with E-state index in [2.05, 4.69) is 5.32 Å². The Balaban J connectivity index is 3.30. The van der Waals surface area contributed by atoms with Gasteiger partial charge in [0.1, 0.15) is 17.2 Å². The van der Waals surface area contributed by atoms with Crippen molar-refractivity contribution in [2.75, 3.05) is 20.2 Å². The molecule has 0 radical (unpaired) electrons. The van der Waals surface area contributed by atoms with Crippen molar-refractivity contribution in [3.63, 3.8) is 0 Å². The molecule has 7 nitrogen and oxygen atoms in total. The van der Waals surface area contributed by atoms with Gasteiger partial charge in [0.05, 0.1) is 6.61 Å². The lowest BCUT2D eigenvalue weighted by molar-refractivity contribution is -0.117. The van der Waals surface area contributed by atoms with Crippen LogP contribution in [0, 0.1) is 0 Å². The molecule has 0 fully saturated rings. The summed E-state index contributed by atoms with van der Waals surface area (Å²) in [5.74, 6) is -0.606. The molecular formula is C13H19N3O4S2. The fraction of sp³-hybridized carbons (Fsp3) is 0.385. The van der Waals surface area contributed by atoms with Gasteiger partial charge in [-0.2, -0.15) is 0 Å². The first kappa shape index (κ1) is 18.2. The largest absolute Gasteiger partial charge is 0.492 e. The third-order valence-electron chi connectivity index (χ3n) is 2.62. The number of para-hydroxylation sites is 1. The maximum absolute atomic E-state index is 12.8. The number of carbonyl (C=O) groups excluding carboxylic acids is 1. The zero-order valence-electron chi connectivity index (χ0n) is 12.4. The summed E-state index contributed by atoms with van der Waals surface area (Å²) in [6.07, 6.45) is 0.730. The van der Waals surface area contributed by atoms with E-state index in [4.69, 9.17) is 22.7 Å². The Hall–Kier alpha value is -1.87. The summed E-state index contributed by atoms with van der Waals surface area (Å²) < 4.78 is 31.7. The average Bonchev–Trinajstić information content (AvgIpc) is 2.49. The van der Waals surface area contributed by atoms with Crippen LogP contribution in [0.1, 0.15) is 13.3 Å². The van der Waals surface area contributed by atoms with Crippen molar-refractivity contribution in [3.05, 3.63) is 24.3 Å². The van der Waals surface area contributed by atoms with Crippen LogP contribution in [0.3, 0.4) is 0 Å². The highest BCUT2D eigenvalue weighted by Gasteiger charge is 2.30. The molecular weight excluding hydrogens is 326 g/mol. The number of rotatable bonds is 7. The molecule has 0 saturated heterocycles. The van der Waals surface area contributed by atoms with E-state index in [1.165, 1.54) is 13.1 Å². The molecule has 1 amide bonds. The SMILES string of the molecule is CCCOc1ccccc1S(=O)(=O)N(CC(N)=O)C(=S)NC. The quantitative estimate of drug-likeness (QED) is 0.696. The molecule has 0 bridgehead atoms. The molecule has 1 aromatic carbocycles. The number of nitrogens with one attached hydrogen (secondary N) is 1. The predicted octanol–water partition coefficient (Wildman–Crippen LogP) is 0.456. The molecule has 1 aromatic rings. The second-order valence-corrected chi connectivity index (χ2v) is 6.55. The number of sulfonamides is 1. The summed E-state index contributed by atoms with van der Waals surface area (Å²) in [5.41, 5.74) is 5.12. The number of nitrogens with two attached hydrogens (primary N) is 1. The number of benzene rings is 1. The second-order valence-electron chi connectivity index (χ2n) is 4.33. The zero-order valence-corrected chi connectivity index (χ0v) is 14.0. The summed E-state index contributed by atoms with van der Waals surface area (Å²) in [4.78, 5) is 11.1. The lowest BCUT2D eigenvalue weighted by Crippen LogP contribution is -2.46. The fourth-order valence-corrected chi connectivity index (χ4v) is 3.48. The van der Waals surface area contributed by atoms with Gasteiger partial charge in [-0.1, -0.05) is 19.1 Å². The fourth-order valence-electron chi connectivity index (χ4n) is 1.65. The standard InChI is InChI=1S/C13H19N3O4S2/c1-3-8-20-10-6-4-5-7-11(10)22(18,19)16(9-12(14)17)13(21)15-2/h4-7H,3,8-9H2,1-2H3,(H2,14,17)(H,15,21). The van der Waals surface area contributed by atoms with E-state index in [0.29, 0.717) is 6.61 Å². The van der Waals surface area contributed by atoms with Gasteiger partial charge in [0.2, 0.25) is 5.91 Å². The van der Waals surface area contributed by atoms with Crippen molar-refractivity contribution in [1.29, 1.82) is 0 Å². The maximum Gasteiger partial charge on any atom is 0.270 e. The Morgan fingerprint density at radius 2 is 2.05 bits per heavy atom. The molecule has 122 valence electrons. The van der Waals surface area contributed by atoms with Crippen molar-refractivity contribution in [3.8, 4) is 5.75 Å². The Labute approximate surface area is 135 Å². The van der Waals surface area contributed by atoms with E-state index in [1.54, 1.807) is 18.2 Å². The number of hydrogen-bond donors (Lipinski definition) is 2. The Morgan fingerprint density at radius 1 is 1.41 bits per heavy atom. The van der Waals surface area contributed by atoms with E-state index in [-0.39, 0.29) is 15.8 Å². The van der Waals surface area contributed by atoms with Gasteiger partial charge in [0.15, 0.2) is 5.11 Å². The predicted molar refractivity (Wildman–Crippen MR) is 87.0 cm³/mol. The number of hydrogen-bond acceptors (Lipinski definition) is 5. The molecule has 0 spiro atoms. The lowest BCUT2D eigenvalue weighted by atomic mass is 10.3. The maximum atomic E-state index is 12.8. The smallest absolute Gasteiger partial charge is 0.270 e. The second kappa shape index (κ2) is 7.95. The molecule has 0 unspecified atom stereocenters. The van der Waals surface area contributed by atoms with Gasteiger partial charge < -0.3 is 15.8 Å². The molecule has 0 aliphatic rings. The summed E-state index contributed by atoms with van der Waals surface area (Å²) in [5, 5.41) is 2.42. The minimum absolute atomic E-state index is 0.0673. The van der Waals surface area contributed by atoms with Gasteiger partial charge in [-0.15, -0.1) is 0 Å². The number of ether oxygens (including phenoxy) is 1. The van der Waals surface area contributed by atoms with Crippen LogP contribution >= 0.6 is 12.2 Å². The summed E-state index contributed by atoms with van der Waals surface area (Å²) in [6, 6.07) is 6.18. The van der Waals surface area contributed by atoms with Crippen LogP contribution < -0.4 is 15.8 Å². The van der Waals surface area contributed by atoms with E-state index >= 15 is 0 Å². The van der Waals surface area contributed by atoms with E-state index in [0.717, 1.165) is 10.7 Å². The monoisotopic (exact) mass is 345 g/mol. The number of carbonyl (C=O) groups is 1. The first-order valence-corrected chi connectivity index (χ1v) is 8.44. The first-order chi connectivity index (χ1) is 10.3. The van der Waals surface area contributed by atoms with Crippen LogP contribution in [0.15, 0.2) is 29.2 Å². The van der Waals surface area contributed by atoms with Crippen LogP contribution in [-0.2, 0) is 14.8 Å². The average molecular weight is 345 g/mol. The first-order valence-electron chi connectivity index (χ1n) is 6.59. The van der Waals surface area contributed by atoms with Gasteiger partial charge >= 0.3 is 0 Å². The third kappa shape index (κ3) is 4.31. The number of amides is 1. The van der Waals surface area contributed by atoms with Gasteiger partial charge in [-0.3, -0.25) is 4.79 Å². The van der Waals surface area contributed by atoms with Crippen molar-refractivity contribution >= 4 is 33.3 Å². The number of thiocarbonyl (C=S) groups is 1. The molecule has 0 atom stereocenters. The number of nitrogens with zero attached hydrogens (tertiary/aromatic N) is 1. The van der Waals surface area contributed by atoms with Crippen molar-refractivity contribution in [2.24, 2.45) is 5.73 Å². The Morgan fingerprint density at radius 3 is 2.59 bits per heavy atom. The molecule has 0 aliphatic heterocycles. The van der Waals surface area contributed by atoms with E-state index < -0.39 is 22.5 Å². The highest BCUT2D eigenvalue weighted by atomic mass is 32.2. The Bertz CT molecular complexity index is 646. The topological polar surface area (TPSA) is 102 Å². The van der Waals surface area contributed by atoms with E-state index in [1.807, 2.05) is 6.92 Å². The molecule has 3 N–H and O–H groups in total. The van der Waals surface area contributed by atoms with Crippen LogP contribution in [0.25, 0.3) is 0 Å². The van der Waals surface area contributed by atoms with Crippen LogP contribution in [0.4, 0.5) is 0 Å². The molecule has 0 saturated carbocycles. The summed E-state index contributed by atoms with van der Waals surface area (Å²) in [7, 11) is -2.60. The zero-order chi connectivity index (χ0) is 16.8. The molecule has 0 aliphatic carbocycles. The van der Waals surface area contributed by atoms with Gasteiger partial charge in [0, 0.05) is 7.05 Å². The van der Waals surface area contributed by atoms with Crippen LogP contribution in [0.2, 0.25) is 0 Å². The normalized spacial score (nSPS) is 10.8. The Kier molecular flexibility index (Phi) is 6.57. The van der Waals surface area contributed by atoms with Crippen LogP contribution in [-0.4, -0.2) is 43.9 Å². The summed E-state index contributed by atoms with van der Waals surface area (Å²) >= 11 is 4.96. The van der Waals surface area contributed by atoms with Crippen molar-refractivity contribution in [2.45, 2.75) is 18.2 Å². The lowest BCUT2D eigenvalue weighted by Gasteiger charge is -2.24.